The number of likely N-dealkylation sites (N-methyl/N-ethyl adjacent to an activating group) is 1. The van der Waals surface area contributed by atoms with Crippen LogP contribution in [0.1, 0.15) is 31.6 Å². The summed E-state index contributed by atoms with van der Waals surface area (Å²) in [6.07, 6.45) is 1.52. The molecular formula is C16H20N2O2. The van der Waals surface area contributed by atoms with Gasteiger partial charge in [0.1, 0.15) is 11.3 Å². The Hall–Kier alpha value is -1.81. The van der Waals surface area contributed by atoms with Crippen molar-refractivity contribution in [3.05, 3.63) is 36.1 Å². The van der Waals surface area contributed by atoms with Gasteiger partial charge in [0.25, 0.3) is 0 Å². The molecule has 3 rings (SSSR count). The highest BCUT2D eigenvalue weighted by Crippen LogP contribution is 2.24. The zero-order chi connectivity index (χ0) is 14.1. The zero-order valence-electron chi connectivity index (χ0n) is 11.9. The molecule has 1 amide bonds. The highest BCUT2D eigenvalue weighted by Gasteiger charge is 2.24. The smallest absolute Gasteiger partial charge is 0.222 e. The molecule has 2 atom stereocenters. The molecule has 4 heteroatoms. The van der Waals surface area contributed by atoms with Crippen LogP contribution in [0.3, 0.4) is 0 Å². The number of hydrogen-bond acceptors (Lipinski definition) is 3. The number of nitrogens with one attached hydrogen (secondary N) is 1. The number of piperidine rings is 1. The number of carbonyl (C=O) groups excluding carboxylic acids is 1. The van der Waals surface area contributed by atoms with Crippen LogP contribution in [0.4, 0.5) is 0 Å². The Morgan fingerprint density at radius 3 is 2.95 bits per heavy atom. The monoisotopic (exact) mass is 272 g/mol. The predicted octanol–water partition coefficient (Wildman–Crippen LogP) is 2.70. The van der Waals surface area contributed by atoms with Crippen LogP contribution in [-0.4, -0.2) is 30.4 Å². The van der Waals surface area contributed by atoms with E-state index in [4.69, 9.17) is 4.42 Å². The van der Waals surface area contributed by atoms with Crippen molar-refractivity contribution in [2.24, 2.45) is 0 Å². The topological polar surface area (TPSA) is 45.5 Å². The number of benzene rings is 1. The first-order valence-electron chi connectivity index (χ1n) is 7.12. The molecule has 0 radical (unpaired) electrons. The van der Waals surface area contributed by atoms with Gasteiger partial charge in [-0.15, -0.1) is 0 Å². The number of furan rings is 1. The van der Waals surface area contributed by atoms with Crippen LogP contribution in [0, 0.1) is 0 Å². The van der Waals surface area contributed by atoms with Gasteiger partial charge in [0.2, 0.25) is 5.91 Å². The van der Waals surface area contributed by atoms with Gasteiger partial charge in [-0.2, -0.15) is 0 Å². The lowest BCUT2D eigenvalue weighted by Crippen LogP contribution is -2.47. The maximum Gasteiger partial charge on any atom is 0.222 e. The summed E-state index contributed by atoms with van der Waals surface area (Å²) in [6, 6.07) is 10.6. The Balaban J connectivity index is 1.69. The first-order chi connectivity index (χ1) is 9.63. The molecule has 106 valence electrons. The summed E-state index contributed by atoms with van der Waals surface area (Å²) in [4.78, 5) is 13.3. The molecule has 1 aromatic heterocycles. The summed E-state index contributed by atoms with van der Waals surface area (Å²) in [7, 11) is 1.86. The Labute approximate surface area is 118 Å². The minimum absolute atomic E-state index is 0.147. The molecule has 2 aromatic rings. The van der Waals surface area contributed by atoms with Crippen molar-refractivity contribution in [3.8, 4) is 0 Å². The maximum absolute atomic E-state index is 11.5. The summed E-state index contributed by atoms with van der Waals surface area (Å²) in [5.74, 6) is 1.19. The number of carbonyl (C=O) groups is 1. The fourth-order valence-corrected chi connectivity index (χ4v) is 2.80. The SMILES string of the molecule is CC(NC1CCC(=O)N(C)C1)c1cc2ccccc2o1. The second-order valence-electron chi connectivity index (χ2n) is 5.58. The number of fused-ring (bicyclic) bond motifs is 1. The highest BCUT2D eigenvalue weighted by molar-refractivity contribution is 5.78. The van der Waals surface area contributed by atoms with Crippen LogP contribution in [0.2, 0.25) is 0 Å². The molecule has 2 heterocycles. The van der Waals surface area contributed by atoms with E-state index in [2.05, 4.69) is 24.4 Å². The van der Waals surface area contributed by atoms with E-state index >= 15 is 0 Å². The lowest BCUT2D eigenvalue weighted by atomic mass is 10.0. The quantitative estimate of drug-likeness (QED) is 0.934. The van der Waals surface area contributed by atoms with Gasteiger partial charge >= 0.3 is 0 Å². The van der Waals surface area contributed by atoms with Gasteiger partial charge in [0.05, 0.1) is 6.04 Å². The van der Waals surface area contributed by atoms with Gasteiger partial charge in [0, 0.05) is 31.4 Å². The molecule has 2 unspecified atom stereocenters. The van der Waals surface area contributed by atoms with Crippen molar-refractivity contribution >= 4 is 16.9 Å². The average Bonchev–Trinajstić information content (AvgIpc) is 2.87. The van der Waals surface area contributed by atoms with E-state index < -0.39 is 0 Å². The summed E-state index contributed by atoms with van der Waals surface area (Å²) in [6.45, 7) is 2.87. The number of hydrogen-bond donors (Lipinski definition) is 1. The summed E-state index contributed by atoms with van der Waals surface area (Å²) in [5, 5.41) is 4.69. The first kappa shape index (κ1) is 13.2. The van der Waals surface area contributed by atoms with Crippen molar-refractivity contribution < 1.29 is 9.21 Å². The van der Waals surface area contributed by atoms with E-state index in [9.17, 15) is 4.79 Å². The van der Waals surface area contributed by atoms with Gasteiger partial charge in [-0.3, -0.25) is 4.79 Å². The lowest BCUT2D eigenvalue weighted by Gasteiger charge is -2.31. The minimum atomic E-state index is 0.147. The number of amides is 1. The van der Waals surface area contributed by atoms with Crippen LogP contribution in [-0.2, 0) is 4.79 Å². The third kappa shape index (κ3) is 2.56. The van der Waals surface area contributed by atoms with Crippen molar-refractivity contribution in [2.75, 3.05) is 13.6 Å². The number of likely N-dealkylation sites (tertiary alicyclic amines) is 1. The summed E-state index contributed by atoms with van der Waals surface area (Å²) in [5.41, 5.74) is 0.923. The van der Waals surface area contributed by atoms with Crippen molar-refractivity contribution in [3.63, 3.8) is 0 Å². The van der Waals surface area contributed by atoms with Crippen LogP contribution in [0.5, 0.6) is 0 Å². The van der Waals surface area contributed by atoms with Crippen LogP contribution in [0.25, 0.3) is 11.0 Å². The van der Waals surface area contributed by atoms with Gasteiger partial charge < -0.3 is 14.6 Å². The van der Waals surface area contributed by atoms with E-state index in [-0.39, 0.29) is 11.9 Å². The maximum atomic E-state index is 11.5. The third-order valence-corrected chi connectivity index (χ3v) is 3.98. The van der Waals surface area contributed by atoms with Crippen molar-refractivity contribution in [2.45, 2.75) is 31.8 Å². The van der Waals surface area contributed by atoms with Crippen LogP contribution < -0.4 is 5.32 Å². The number of para-hydroxylation sites is 1. The lowest BCUT2D eigenvalue weighted by molar-refractivity contribution is -0.132. The Morgan fingerprint density at radius 1 is 1.40 bits per heavy atom. The standard InChI is InChI=1S/C16H20N2O2/c1-11(17-13-7-8-16(19)18(2)10-13)15-9-12-5-3-4-6-14(12)20-15/h3-6,9,11,13,17H,7-8,10H2,1-2H3. The second kappa shape index (κ2) is 5.29. The molecule has 1 aliphatic heterocycles. The van der Waals surface area contributed by atoms with E-state index in [1.165, 1.54) is 0 Å². The minimum Gasteiger partial charge on any atom is -0.459 e. The Kier molecular flexibility index (Phi) is 3.49. The normalized spacial score (nSPS) is 21.4. The van der Waals surface area contributed by atoms with E-state index in [0.717, 1.165) is 29.7 Å². The van der Waals surface area contributed by atoms with Crippen LogP contribution >= 0.6 is 0 Å². The number of nitrogens with zero attached hydrogens (tertiary/aromatic N) is 1. The second-order valence-corrected chi connectivity index (χ2v) is 5.58. The molecule has 1 saturated heterocycles. The highest BCUT2D eigenvalue weighted by atomic mass is 16.3. The summed E-state index contributed by atoms with van der Waals surface area (Å²) < 4.78 is 5.88. The van der Waals surface area contributed by atoms with Gasteiger partial charge in [-0.25, -0.2) is 0 Å². The molecule has 1 N–H and O–H groups in total. The fraction of sp³-hybridized carbons (Fsp3) is 0.438. The van der Waals surface area contributed by atoms with Crippen molar-refractivity contribution in [1.29, 1.82) is 0 Å². The predicted molar refractivity (Wildman–Crippen MR) is 78.4 cm³/mol. The molecular weight excluding hydrogens is 252 g/mol. The summed E-state index contributed by atoms with van der Waals surface area (Å²) >= 11 is 0. The van der Waals surface area contributed by atoms with Gasteiger partial charge in [0.15, 0.2) is 0 Å². The Bertz CT molecular complexity index is 587. The van der Waals surface area contributed by atoms with Gasteiger partial charge in [-0.05, 0) is 25.5 Å². The molecule has 1 aliphatic rings. The van der Waals surface area contributed by atoms with Gasteiger partial charge in [-0.1, -0.05) is 18.2 Å². The zero-order valence-corrected chi connectivity index (χ0v) is 11.9. The molecule has 0 spiro atoms. The average molecular weight is 272 g/mol. The third-order valence-electron chi connectivity index (χ3n) is 3.98. The largest absolute Gasteiger partial charge is 0.459 e. The first-order valence-corrected chi connectivity index (χ1v) is 7.12. The molecule has 0 aliphatic carbocycles. The number of rotatable bonds is 3. The van der Waals surface area contributed by atoms with E-state index in [1.54, 1.807) is 4.90 Å². The molecule has 4 nitrogen and oxygen atoms in total. The van der Waals surface area contributed by atoms with E-state index in [1.807, 2.05) is 25.2 Å². The fourth-order valence-electron chi connectivity index (χ4n) is 2.80. The Morgan fingerprint density at radius 2 is 2.20 bits per heavy atom. The van der Waals surface area contributed by atoms with Crippen molar-refractivity contribution in [1.82, 2.24) is 10.2 Å². The molecule has 1 aromatic carbocycles. The molecule has 0 saturated carbocycles. The molecule has 0 bridgehead atoms. The van der Waals surface area contributed by atoms with Crippen LogP contribution in [0.15, 0.2) is 34.7 Å². The molecule has 20 heavy (non-hydrogen) atoms. The molecule has 1 fully saturated rings. The van der Waals surface area contributed by atoms with E-state index in [0.29, 0.717) is 12.5 Å².